The third-order valence-corrected chi connectivity index (χ3v) is 4.04. The molecule has 0 unspecified atom stereocenters. The lowest BCUT2D eigenvalue weighted by atomic mass is 10.1. The van der Waals surface area contributed by atoms with E-state index in [4.69, 9.17) is 4.74 Å². The van der Waals surface area contributed by atoms with E-state index in [2.05, 4.69) is 0 Å². The average molecular weight is 318 g/mol. The Labute approximate surface area is 128 Å². The second kappa shape index (κ2) is 6.53. The van der Waals surface area contributed by atoms with Crippen LogP contribution in [0.2, 0.25) is 0 Å². The molecular formula is C16H14O5S. The molecule has 0 spiro atoms. The molecule has 0 saturated carbocycles. The maximum absolute atomic E-state index is 11.9. The Kier molecular flexibility index (Phi) is 4.72. The zero-order chi connectivity index (χ0) is 16.2. The van der Waals surface area contributed by atoms with Crippen molar-refractivity contribution in [1.82, 2.24) is 0 Å². The van der Waals surface area contributed by atoms with Gasteiger partial charge in [0, 0.05) is 11.8 Å². The van der Waals surface area contributed by atoms with E-state index in [9.17, 15) is 18.0 Å². The molecule has 0 saturated heterocycles. The topological polar surface area (TPSA) is 77.5 Å². The second-order valence-electron chi connectivity index (χ2n) is 4.67. The van der Waals surface area contributed by atoms with Crippen LogP contribution < -0.4 is 0 Å². The molecule has 0 aromatic heterocycles. The van der Waals surface area contributed by atoms with Gasteiger partial charge in [-0.3, -0.25) is 4.79 Å². The summed E-state index contributed by atoms with van der Waals surface area (Å²) in [6.07, 6.45) is 1.05. The quantitative estimate of drug-likeness (QED) is 0.623. The molecule has 0 N–H and O–H groups in total. The maximum atomic E-state index is 11.9. The number of benzene rings is 2. The highest BCUT2D eigenvalue weighted by Crippen LogP contribution is 2.12. The van der Waals surface area contributed by atoms with Gasteiger partial charge < -0.3 is 4.74 Å². The lowest BCUT2D eigenvalue weighted by molar-refractivity contribution is 0.0474. The highest BCUT2D eigenvalue weighted by Gasteiger charge is 2.14. The Hall–Kier alpha value is -2.47. The Morgan fingerprint density at radius 2 is 1.59 bits per heavy atom. The number of carbonyl (C=O) groups is 2. The van der Waals surface area contributed by atoms with Crippen LogP contribution in [0.15, 0.2) is 59.5 Å². The third-order valence-electron chi connectivity index (χ3n) is 2.93. The number of sulfone groups is 1. The molecule has 2 rings (SSSR count). The number of Topliss-reactive ketones (excluding diaryl/α,β-unsaturated/α-hetero) is 1. The van der Waals surface area contributed by atoms with Crippen molar-refractivity contribution in [2.24, 2.45) is 0 Å². The Balaban J connectivity index is 2.06. The van der Waals surface area contributed by atoms with Crippen LogP contribution in [0, 0.1) is 0 Å². The molecule has 0 aliphatic heterocycles. The first kappa shape index (κ1) is 15.9. The van der Waals surface area contributed by atoms with Crippen molar-refractivity contribution < 1.29 is 22.7 Å². The van der Waals surface area contributed by atoms with Crippen LogP contribution in [-0.4, -0.2) is 33.0 Å². The van der Waals surface area contributed by atoms with Crippen molar-refractivity contribution in [2.45, 2.75) is 4.90 Å². The minimum absolute atomic E-state index is 0.0244. The van der Waals surface area contributed by atoms with Crippen molar-refractivity contribution in [3.8, 4) is 0 Å². The van der Waals surface area contributed by atoms with Gasteiger partial charge in [-0.15, -0.1) is 0 Å². The Morgan fingerprint density at radius 3 is 2.23 bits per heavy atom. The first-order valence-corrected chi connectivity index (χ1v) is 8.32. The van der Waals surface area contributed by atoms with Crippen LogP contribution in [-0.2, 0) is 14.6 Å². The molecule has 0 atom stereocenters. The summed E-state index contributed by atoms with van der Waals surface area (Å²) in [4.78, 5) is 23.7. The van der Waals surface area contributed by atoms with E-state index in [0.29, 0.717) is 5.56 Å². The number of hydrogen-bond acceptors (Lipinski definition) is 5. The highest BCUT2D eigenvalue weighted by atomic mass is 32.2. The van der Waals surface area contributed by atoms with Gasteiger partial charge in [-0.2, -0.15) is 0 Å². The van der Waals surface area contributed by atoms with Crippen LogP contribution in [0.1, 0.15) is 20.7 Å². The standard InChI is InChI=1S/C16H14O5S/c1-22(19,20)14-9-5-8-13(10-14)16(18)21-11-15(17)12-6-3-2-4-7-12/h2-10H,11H2,1H3. The first-order valence-electron chi connectivity index (χ1n) is 6.43. The fourth-order valence-electron chi connectivity index (χ4n) is 1.78. The lowest BCUT2D eigenvalue weighted by Crippen LogP contribution is -2.14. The van der Waals surface area contributed by atoms with E-state index in [1.165, 1.54) is 24.3 Å². The summed E-state index contributed by atoms with van der Waals surface area (Å²) in [5.74, 6) is -1.07. The minimum atomic E-state index is -3.41. The molecule has 0 fully saturated rings. The SMILES string of the molecule is CS(=O)(=O)c1cccc(C(=O)OCC(=O)c2ccccc2)c1. The smallest absolute Gasteiger partial charge is 0.338 e. The van der Waals surface area contributed by atoms with E-state index in [-0.39, 0.29) is 16.2 Å². The summed E-state index contributed by atoms with van der Waals surface area (Å²) >= 11 is 0. The minimum Gasteiger partial charge on any atom is -0.454 e. The van der Waals surface area contributed by atoms with Crippen molar-refractivity contribution in [1.29, 1.82) is 0 Å². The molecule has 0 aliphatic rings. The predicted octanol–water partition coefficient (Wildman–Crippen LogP) is 2.13. The number of carbonyl (C=O) groups excluding carboxylic acids is 2. The van der Waals surface area contributed by atoms with Gasteiger partial charge in [0.25, 0.3) is 0 Å². The van der Waals surface area contributed by atoms with E-state index < -0.39 is 22.4 Å². The van der Waals surface area contributed by atoms with Crippen molar-refractivity contribution in [3.05, 3.63) is 65.7 Å². The van der Waals surface area contributed by atoms with E-state index in [1.54, 1.807) is 30.3 Å². The van der Waals surface area contributed by atoms with Crippen LogP contribution in [0.25, 0.3) is 0 Å². The predicted molar refractivity (Wildman–Crippen MR) is 80.6 cm³/mol. The van der Waals surface area contributed by atoms with E-state index in [1.807, 2.05) is 0 Å². The van der Waals surface area contributed by atoms with Crippen LogP contribution in [0.4, 0.5) is 0 Å². The third kappa shape index (κ3) is 4.02. The van der Waals surface area contributed by atoms with E-state index >= 15 is 0 Å². The average Bonchev–Trinajstić information content (AvgIpc) is 2.52. The van der Waals surface area contributed by atoms with Crippen LogP contribution in [0.5, 0.6) is 0 Å². The van der Waals surface area contributed by atoms with Crippen LogP contribution >= 0.6 is 0 Å². The molecule has 5 nitrogen and oxygen atoms in total. The molecule has 0 radical (unpaired) electrons. The summed E-state index contributed by atoms with van der Waals surface area (Å²) < 4.78 is 27.8. The van der Waals surface area contributed by atoms with E-state index in [0.717, 1.165) is 6.26 Å². The molecule has 0 amide bonds. The van der Waals surface area contributed by atoms with Crippen LogP contribution in [0.3, 0.4) is 0 Å². The fourth-order valence-corrected chi connectivity index (χ4v) is 2.44. The van der Waals surface area contributed by atoms with Crippen molar-refractivity contribution in [3.63, 3.8) is 0 Å². The first-order chi connectivity index (χ1) is 10.4. The summed E-state index contributed by atoms with van der Waals surface area (Å²) in [6.45, 7) is -0.397. The number of hydrogen-bond donors (Lipinski definition) is 0. The maximum Gasteiger partial charge on any atom is 0.338 e. The molecule has 2 aromatic carbocycles. The summed E-state index contributed by atoms with van der Waals surface area (Å²) in [6, 6.07) is 14.0. The number of esters is 1. The lowest BCUT2D eigenvalue weighted by Gasteiger charge is -2.05. The number of ether oxygens (including phenoxy) is 1. The molecule has 114 valence electrons. The normalized spacial score (nSPS) is 11.0. The fraction of sp³-hybridized carbons (Fsp3) is 0.125. The van der Waals surface area contributed by atoms with Gasteiger partial charge in [0.1, 0.15) is 0 Å². The molecule has 22 heavy (non-hydrogen) atoms. The van der Waals surface area contributed by atoms with Gasteiger partial charge in [0.2, 0.25) is 0 Å². The monoisotopic (exact) mass is 318 g/mol. The Morgan fingerprint density at radius 1 is 0.955 bits per heavy atom. The van der Waals surface area contributed by atoms with Gasteiger partial charge in [0.05, 0.1) is 10.5 Å². The van der Waals surface area contributed by atoms with Gasteiger partial charge in [-0.25, -0.2) is 13.2 Å². The largest absolute Gasteiger partial charge is 0.454 e. The van der Waals surface area contributed by atoms with Gasteiger partial charge >= 0.3 is 5.97 Å². The van der Waals surface area contributed by atoms with Crippen molar-refractivity contribution in [2.75, 3.05) is 12.9 Å². The zero-order valence-electron chi connectivity index (χ0n) is 11.9. The summed E-state index contributed by atoms with van der Waals surface area (Å²) in [5, 5.41) is 0. The van der Waals surface area contributed by atoms with Gasteiger partial charge in [-0.05, 0) is 18.2 Å². The Bertz CT molecular complexity index is 794. The zero-order valence-corrected chi connectivity index (χ0v) is 12.7. The number of ketones is 1. The molecular weight excluding hydrogens is 304 g/mol. The molecule has 0 heterocycles. The summed E-state index contributed by atoms with van der Waals surface area (Å²) in [7, 11) is -3.41. The summed E-state index contributed by atoms with van der Waals surface area (Å²) in [5.41, 5.74) is 0.531. The second-order valence-corrected chi connectivity index (χ2v) is 6.68. The highest BCUT2D eigenvalue weighted by molar-refractivity contribution is 7.90. The molecule has 0 aliphatic carbocycles. The molecule has 6 heteroatoms. The number of rotatable bonds is 5. The molecule has 2 aromatic rings. The van der Waals surface area contributed by atoms with Gasteiger partial charge in [0.15, 0.2) is 22.2 Å². The van der Waals surface area contributed by atoms with Crippen molar-refractivity contribution >= 4 is 21.6 Å². The molecule has 0 bridgehead atoms. The van der Waals surface area contributed by atoms with Gasteiger partial charge in [-0.1, -0.05) is 36.4 Å².